The summed E-state index contributed by atoms with van der Waals surface area (Å²) in [6.45, 7) is 2.25. The van der Waals surface area contributed by atoms with Gasteiger partial charge in [0.25, 0.3) is 0 Å². The molecule has 120 valence electrons. The normalized spacial score (nSPS) is 11.0. The van der Waals surface area contributed by atoms with E-state index in [-0.39, 0.29) is 5.69 Å². The average molecular weight is 314 g/mol. The molecule has 1 aromatic rings. The Kier molecular flexibility index (Phi) is 9.24. The SMILES string of the molecule is CCCCCCCCCCCCc1cc(Cl)c(C(=O)O)[nH]1. The fraction of sp³-hybridized carbons (Fsp3) is 0.706. The summed E-state index contributed by atoms with van der Waals surface area (Å²) >= 11 is 5.86. The van der Waals surface area contributed by atoms with Gasteiger partial charge in [0, 0.05) is 5.69 Å². The number of hydrogen-bond donors (Lipinski definition) is 2. The molecule has 0 spiro atoms. The largest absolute Gasteiger partial charge is 0.477 e. The van der Waals surface area contributed by atoms with Crippen molar-refractivity contribution in [2.45, 2.75) is 77.6 Å². The Morgan fingerprint density at radius 2 is 1.57 bits per heavy atom. The van der Waals surface area contributed by atoms with Crippen LogP contribution in [0, 0.1) is 0 Å². The van der Waals surface area contributed by atoms with Crippen molar-refractivity contribution in [2.24, 2.45) is 0 Å². The van der Waals surface area contributed by atoms with Gasteiger partial charge in [0.05, 0.1) is 5.02 Å². The minimum absolute atomic E-state index is 0.110. The number of rotatable bonds is 12. The lowest BCUT2D eigenvalue weighted by atomic mass is 10.1. The van der Waals surface area contributed by atoms with E-state index in [1.165, 1.54) is 57.8 Å². The van der Waals surface area contributed by atoms with Crippen molar-refractivity contribution in [1.82, 2.24) is 4.98 Å². The number of aryl methyl sites for hydroxylation is 1. The van der Waals surface area contributed by atoms with Crippen LogP contribution in [0.4, 0.5) is 0 Å². The zero-order valence-electron chi connectivity index (χ0n) is 13.1. The molecule has 0 unspecified atom stereocenters. The first kappa shape index (κ1) is 18.1. The van der Waals surface area contributed by atoms with Crippen molar-refractivity contribution >= 4 is 17.6 Å². The predicted molar refractivity (Wildman–Crippen MR) is 88.3 cm³/mol. The maximum atomic E-state index is 10.9. The van der Waals surface area contributed by atoms with Crippen molar-refractivity contribution in [1.29, 1.82) is 0 Å². The molecule has 0 atom stereocenters. The Morgan fingerprint density at radius 1 is 1.05 bits per heavy atom. The number of carboxylic acid groups (broad SMARTS) is 1. The molecule has 0 aliphatic carbocycles. The fourth-order valence-corrected chi connectivity index (χ4v) is 2.83. The van der Waals surface area contributed by atoms with Crippen molar-refractivity contribution in [3.8, 4) is 0 Å². The van der Waals surface area contributed by atoms with Crippen LogP contribution >= 0.6 is 11.6 Å². The molecule has 1 heterocycles. The van der Waals surface area contributed by atoms with Crippen LogP contribution < -0.4 is 0 Å². The quantitative estimate of drug-likeness (QED) is 0.477. The Hall–Kier alpha value is -0.960. The average Bonchev–Trinajstić information content (AvgIpc) is 2.82. The Bertz CT molecular complexity index is 415. The van der Waals surface area contributed by atoms with Gasteiger partial charge in [0.2, 0.25) is 0 Å². The summed E-state index contributed by atoms with van der Waals surface area (Å²) < 4.78 is 0. The summed E-state index contributed by atoms with van der Waals surface area (Å²) in [6, 6.07) is 1.73. The highest BCUT2D eigenvalue weighted by Gasteiger charge is 2.12. The van der Waals surface area contributed by atoms with Crippen LogP contribution in [-0.4, -0.2) is 16.1 Å². The zero-order valence-corrected chi connectivity index (χ0v) is 13.8. The van der Waals surface area contributed by atoms with E-state index in [0.29, 0.717) is 5.02 Å². The summed E-state index contributed by atoms with van der Waals surface area (Å²) in [4.78, 5) is 13.7. The standard InChI is InChI=1S/C17H28ClNO2/c1-2-3-4-5-6-7-8-9-10-11-12-14-13-15(18)16(19-14)17(20)21/h13,19H,2-12H2,1H3,(H,20,21). The molecule has 0 saturated heterocycles. The molecule has 0 aliphatic rings. The van der Waals surface area contributed by atoms with Gasteiger partial charge in [-0.25, -0.2) is 4.79 Å². The molecule has 1 aromatic heterocycles. The molecule has 21 heavy (non-hydrogen) atoms. The number of aromatic amines is 1. The minimum Gasteiger partial charge on any atom is -0.477 e. The summed E-state index contributed by atoms with van der Waals surface area (Å²) in [5, 5.41) is 9.22. The highest BCUT2D eigenvalue weighted by molar-refractivity contribution is 6.33. The monoisotopic (exact) mass is 313 g/mol. The predicted octanol–water partition coefficient (Wildman–Crippen LogP) is 5.83. The van der Waals surface area contributed by atoms with Crippen LogP contribution in [0.25, 0.3) is 0 Å². The van der Waals surface area contributed by atoms with Gasteiger partial charge in [-0.3, -0.25) is 0 Å². The van der Waals surface area contributed by atoms with Gasteiger partial charge >= 0.3 is 5.97 Å². The second-order valence-electron chi connectivity index (χ2n) is 5.75. The molecule has 0 fully saturated rings. The van der Waals surface area contributed by atoms with Crippen LogP contribution in [0.15, 0.2) is 6.07 Å². The van der Waals surface area contributed by atoms with Crippen molar-refractivity contribution in [3.63, 3.8) is 0 Å². The summed E-state index contributed by atoms with van der Waals surface area (Å²) in [6.07, 6.45) is 13.9. The number of unbranched alkanes of at least 4 members (excludes halogenated alkanes) is 9. The number of halogens is 1. The Balaban J connectivity index is 2.02. The number of carboxylic acids is 1. The van der Waals surface area contributed by atoms with Crippen LogP contribution in [-0.2, 0) is 6.42 Å². The molecule has 1 rings (SSSR count). The molecule has 3 nitrogen and oxygen atoms in total. The lowest BCUT2D eigenvalue weighted by Crippen LogP contribution is -1.97. The first-order valence-corrected chi connectivity index (χ1v) is 8.63. The molecule has 0 aliphatic heterocycles. The summed E-state index contributed by atoms with van der Waals surface area (Å²) in [7, 11) is 0. The lowest BCUT2D eigenvalue weighted by molar-refractivity contribution is 0.0691. The number of carbonyl (C=O) groups is 1. The van der Waals surface area contributed by atoms with E-state index in [1.807, 2.05) is 0 Å². The van der Waals surface area contributed by atoms with Crippen molar-refractivity contribution in [3.05, 3.63) is 22.5 Å². The number of hydrogen-bond acceptors (Lipinski definition) is 1. The van der Waals surface area contributed by atoms with Gasteiger partial charge in [-0.1, -0.05) is 76.3 Å². The van der Waals surface area contributed by atoms with Crippen LogP contribution in [0.3, 0.4) is 0 Å². The fourth-order valence-electron chi connectivity index (χ4n) is 2.57. The summed E-state index contributed by atoms with van der Waals surface area (Å²) in [5.74, 6) is -0.991. The van der Waals surface area contributed by atoms with Crippen molar-refractivity contribution in [2.75, 3.05) is 0 Å². The zero-order chi connectivity index (χ0) is 15.5. The van der Waals surface area contributed by atoms with Gasteiger partial charge in [-0.15, -0.1) is 0 Å². The molecule has 0 amide bonds. The lowest BCUT2D eigenvalue weighted by Gasteiger charge is -2.02. The van der Waals surface area contributed by atoms with Gasteiger partial charge in [0.15, 0.2) is 0 Å². The number of aromatic nitrogens is 1. The smallest absolute Gasteiger partial charge is 0.353 e. The highest BCUT2D eigenvalue weighted by Crippen LogP contribution is 2.19. The van der Waals surface area contributed by atoms with Crippen LogP contribution in [0.5, 0.6) is 0 Å². The molecule has 0 radical (unpaired) electrons. The molecular weight excluding hydrogens is 286 g/mol. The van der Waals surface area contributed by atoms with E-state index in [2.05, 4.69) is 11.9 Å². The van der Waals surface area contributed by atoms with E-state index < -0.39 is 5.97 Å². The summed E-state index contributed by atoms with van der Waals surface area (Å²) in [5.41, 5.74) is 1.04. The molecule has 0 saturated carbocycles. The maximum Gasteiger partial charge on any atom is 0.353 e. The number of nitrogens with one attached hydrogen (secondary N) is 1. The van der Waals surface area contributed by atoms with Crippen molar-refractivity contribution < 1.29 is 9.90 Å². The minimum atomic E-state index is -0.991. The topological polar surface area (TPSA) is 53.1 Å². The third-order valence-corrected chi connectivity index (χ3v) is 4.14. The first-order valence-electron chi connectivity index (χ1n) is 8.25. The van der Waals surface area contributed by atoms with E-state index >= 15 is 0 Å². The molecule has 0 aromatic carbocycles. The first-order chi connectivity index (χ1) is 10.1. The van der Waals surface area contributed by atoms with E-state index in [9.17, 15) is 4.79 Å². The van der Waals surface area contributed by atoms with Crippen LogP contribution in [0.2, 0.25) is 5.02 Å². The molecule has 2 N–H and O–H groups in total. The van der Waals surface area contributed by atoms with E-state index in [4.69, 9.17) is 16.7 Å². The number of aromatic carboxylic acids is 1. The highest BCUT2D eigenvalue weighted by atomic mass is 35.5. The molecule has 4 heteroatoms. The second-order valence-corrected chi connectivity index (χ2v) is 6.16. The third kappa shape index (κ3) is 7.56. The van der Waals surface area contributed by atoms with Gasteiger partial charge in [-0.05, 0) is 18.9 Å². The molecular formula is C17H28ClNO2. The molecule has 0 bridgehead atoms. The third-order valence-electron chi connectivity index (χ3n) is 3.84. The van der Waals surface area contributed by atoms with E-state index in [1.54, 1.807) is 6.07 Å². The van der Waals surface area contributed by atoms with Gasteiger partial charge in [-0.2, -0.15) is 0 Å². The van der Waals surface area contributed by atoms with Gasteiger partial charge < -0.3 is 10.1 Å². The van der Waals surface area contributed by atoms with E-state index in [0.717, 1.165) is 18.5 Å². The van der Waals surface area contributed by atoms with Gasteiger partial charge in [0.1, 0.15) is 5.69 Å². The Morgan fingerprint density at radius 3 is 2.05 bits per heavy atom. The van der Waals surface area contributed by atoms with Crippen LogP contribution in [0.1, 0.15) is 87.3 Å². The second kappa shape index (κ2) is 10.7. The maximum absolute atomic E-state index is 10.9. The Labute approximate surface area is 133 Å². The number of H-pyrrole nitrogens is 1.